The van der Waals surface area contributed by atoms with Gasteiger partial charge >= 0.3 is 0 Å². The maximum atomic E-state index is 12.1. The van der Waals surface area contributed by atoms with E-state index in [4.69, 9.17) is 16.3 Å². The molecule has 2 aromatic rings. The fourth-order valence-corrected chi connectivity index (χ4v) is 3.39. The van der Waals surface area contributed by atoms with Gasteiger partial charge in [0.05, 0.1) is 0 Å². The van der Waals surface area contributed by atoms with Gasteiger partial charge in [-0.1, -0.05) is 11.6 Å². The second-order valence-electron chi connectivity index (χ2n) is 6.83. The molecule has 0 bridgehead atoms. The summed E-state index contributed by atoms with van der Waals surface area (Å²) < 4.78 is 5.53. The minimum Gasteiger partial charge on any atom is -0.484 e. The van der Waals surface area contributed by atoms with Gasteiger partial charge in [-0.25, -0.2) is 0 Å². The molecule has 1 fully saturated rings. The highest BCUT2D eigenvalue weighted by molar-refractivity contribution is 6.31. The molecular formula is C21H25ClN2O2. The predicted molar refractivity (Wildman–Crippen MR) is 107 cm³/mol. The minimum atomic E-state index is -0.184. The highest BCUT2D eigenvalue weighted by Gasteiger charge is 2.18. The number of hydrogen-bond acceptors (Lipinski definition) is 3. The first-order valence-corrected chi connectivity index (χ1v) is 9.46. The van der Waals surface area contributed by atoms with Crippen molar-refractivity contribution in [1.82, 2.24) is 0 Å². The van der Waals surface area contributed by atoms with Gasteiger partial charge in [-0.15, -0.1) is 0 Å². The van der Waals surface area contributed by atoms with Crippen LogP contribution in [0.15, 0.2) is 42.5 Å². The third-order valence-electron chi connectivity index (χ3n) is 4.79. The van der Waals surface area contributed by atoms with Crippen LogP contribution in [0, 0.1) is 6.92 Å². The standard InChI is InChI=1S/C21H25ClN2O2/c1-15-13-19(10-11-20(15)22)26-14-21(25)23-17-6-8-18(9-7-17)24-12-4-3-5-16(24)2/h6-11,13,16H,3-5,12,14H2,1-2H3,(H,23,25)/t16-/m0/s1. The van der Waals surface area contributed by atoms with Gasteiger partial charge in [0, 0.05) is 29.0 Å². The Bertz CT molecular complexity index is 761. The first kappa shape index (κ1) is 18.6. The van der Waals surface area contributed by atoms with E-state index < -0.39 is 0 Å². The molecule has 1 N–H and O–H groups in total. The zero-order valence-electron chi connectivity index (χ0n) is 15.3. The number of carbonyl (C=O) groups excluding carboxylic acids is 1. The van der Waals surface area contributed by atoms with E-state index in [1.165, 1.54) is 24.9 Å². The van der Waals surface area contributed by atoms with Gasteiger partial charge in [0.1, 0.15) is 5.75 Å². The van der Waals surface area contributed by atoms with Gasteiger partial charge in [-0.3, -0.25) is 4.79 Å². The maximum Gasteiger partial charge on any atom is 0.262 e. The third kappa shape index (κ3) is 4.70. The Kier molecular flexibility index (Phi) is 6.04. The SMILES string of the molecule is Cc1cc(OCC(=O)Nc2ccc(N3CCCC[C@@H]3C)cc2)ccc1Cl. The Morgan fingerprint density at radius 2 is 2.00 bits per heavy atom. The van der Waals surface area contributed by atoms with Gasteiger partial charge < -0.3 is 15.0 Å². The lowest BCUT2D eigenvalue weighted by atomic mass is 10.0. The lowest BCUT2D eigenvalue weighted by Gasteiger charge is -2.35. The van der Waals surface area contributed by atoms with Crippen LogP contribution in [0.1, 0.15) is 31.7 Å². The van der Waals surface area contributed by atoms with Crippen LogP contribution in [-0.2, 0) is 4.79 Å². The van der Waals surface area contributed by atoms with Crippen molar-refractivity contribution in [3.8, 4) is 5.75 Å². The van der Waals surface area contributed by atoms with Crippen molar-refractivity contribution in [2.45, 2.75) is 39.2 Å². The van der Waals surface area contributed by atoms with Crippen molar-refractivity contribution in [1.29, 1.82) is 0 Å². The highest BCUT2D eigenvalue weighted by Crippen LogP contribution is 2.26. The molecule has 0 spiro atoms. The summed E-state index contributed by atoms with van der Waals surface area (Å²) in [5.41, 5.74) is 2.91. The van der Waals surface area contributed by atoms with E-state index >= 15 is 0 Å². The van der Waals surface area contributed by atoms with E-state index in [1.54, 1.807) is 12.1 Å². The van der Waals surface area contributed by atoms with E-state index in [0.29, 0.717) is 16.8 Å². The summed E-state index contributed by atoms with van der Waals surface area (Å²) >= 11 is 5.99. The summed E-state index contributed by atoms with van der Waals surface area (Å²) in [6.07, 6.45) is 3.78. The fourth-order valence-electron chi connectivity index (χ4n) is 3.27. The van der Waals surface area contributed by atoms with E-state index in [0.717, 1.165) is 17.8 Å². The number of halogens is 1. The Balaban J connectivity index is 1.53. The summed E-state index contributed by atoms with van der Waals surface area (Å²) in [7, 11) is 0. The molecule has 0 unspecified atom stereocenters. The molecule has 0 aromatic heterocycles. The van der Waals surface area contributed by atoms with Crippen LogP contribution in [0.25, 0.3) is 0 Å². The molecule has 0 saturated carbocycles. The van der Waals surface area contributed by atoms with Crippen molar-refractivity contribution >= 4 is 28.9 Å². The average molecular weight is 373 g/mol. The summed E-state index contributed by atoms with van der Waals surface area (Å²) in [5, 5.41) is 3.56. The molecule has 1 aliphatic rings. The number of anilines is 2. The van der Waals surface area contributed by atoms with E-state index in [1.807, 2.05) is 25.1 Å². The second kappa shape index (κ2) is 8.45. The highest BCUT2D eigenvalue weighted by atomic mass is 35.5. The first-order valence-electron chi connectivity index (χ1n) is 9.08. The molecular weight excluding hydrogens is 348 g/mol. The van der Waals surface area contributed by atoms with Gasteiger partial charge in [-0.05, 0) is 81.1 Å². The Morgan fingerprint density at radius 1 is 1.23 bits per heavy atom. The number of carbonyl (C=O) groups is 1. The zero-order valence-corrected chi connectivity index (χ0v) is 16.1. The third-order valence-corrected chi connectivity index (χ3v) is 5.21. The Morgan fingerprint density at radius 3 is 2.69 bits per heavy atom. The van der Waals surface area contributed by atoms with Crippen LogP contribution < -0.4 is 15.0 Å². The van der Waals surface area contributed by atoms with Crippen LogP contribution in [0.3, 0.4) is 0 Å². The maximum absolute atomic E-state index is 12.1. The predicted octanol–water partition coefficient (Wildman–Crippen LogP) is 5.04. The van der Waals surface area contributed by atoms with Crippen LogP contribution in [-0.4, -0.2) is 25.1 Å². The number of benzene rings is 2. The largest absolute Gasteiger partial charge is 0.484 e. The van der Waals surface area contributed by atoms with Gasteiger partial charge in [-0.2, -0.15) is 0 Å². The summed E-state index contributed by atoms with van der Waals surface area (Å²) in [6.45, 7) is 5.23. The van der Waals surface area contributed by atoms with Crippen LogP contribution in [0.4, 0.5) is 11.4 Å². The molecule has 1 aliphatic heterocycles. The van der Waals surface area contributed by atoms with Gasteiger partial charge in [0.2, 0.25) is 0 Å². The van der Waals surface area contributed by atoms with Gasteiger partial charge in [0.15, 0.2) is 6.61 Å². The number of amides is 1. The summed E-state index contributed by atoms with van der Waals surface area (Å²) in [6, 6.07) is 14.0. The fraction of sp³-hybridized carbons (Fsp3) is 0.381. The first-order chi connectivity index (χ1) is 12.5. The number of aryl methyl sites for hydroxylation is 1. The van der Waals surface area contributed by atoms with Crippen molar-refractivity contribution in [3.63, 3.8) is 0 Å². The van der Waals surface area contributed by atoms with Crippen molar-refractivity contribution < 1.29 is 9.53 Å². The number of nitrogens with one attached hydrogen (secondary N) is 1. The molecule has 1 saturated heterocycles. The molecule has 4 nitrogen and oxygen atoms in total. The number of piperidine rings is 1. The monoisotopic (exact) mass is 372 g/mol. The number of nitrogens with zero attached hydrogens (tertiary/aromatic N) is 1. The smallest absolute Gasteiger partial charge is 0.262 e. The number of ether oxygens (including phenoxy) is 1. The van der Waals surface area contributed by atoms with Crippen molar-refractivity contribution in [2.75, 3.05) is 23.4 Å². The molecule has 138 valence electrons. The second-order valence-corrected chi connectivity index (χ2v) is 7.24. The van der Waals surface area contributed by atoms with E-state index in [2.05, 4.69) is 29.3 Å². The normalized spacial score (nSPS) is 17.0. The molecule has 1 heterocycles. The van der Waals surface area contributed by atoms with E-state index in [9.17, 15) is 4.79 Å². The average Bonchev–Trinajstić information content (AvgIpc) is 2.64. The van der Waals surface area contributed by atoms with Gasteiger partial charge in [0.25, 0.3) is 5.91 Å². The number of rotatable bonds is 5. The Labute approximate surface area is 160 Å². The lowest BCUT2D eigenvalue weighted by Crippen LogP contribution is -2.37. The zero-order chi connectivity index (χ0) is 18.5. The molecule has 0 aliphatic carbocycles. The van der Waals surface area contributed by atoms with Crippen LogP contribution >= 0.6 is 11.6 Å². The van der Waals surface area contributed by atoms with Crippen molar-refractivity contribution in [2.24, 2.45) is 0 Å². The van der Waals surface area contributed by atoms with Crippen LogP contribution in [0.5, 0.6) is 5.75 Å². The molecule has 1 amide bonds. The Hall–Kier alpha value is -2.20. The van der Waals surface area contributed by atoms with E-state index in [-0.39, 0.29) is 12.5 Å². The molecule has 3 rings (SSSR count). The minimum absolute atomic E-state index is 0.0357. The molecule has 26 heavy (non-hydrogen) atoms. The van der Waals surface area contributed by atoms with Crippen molar-refractivity contribution in [3.05, 3.63) is 53.1 Å². The molecule has 5 heteroatoms. The molecule has 0 radical (unpaired) electrons. The molecule has 2 aromatic carbocycles. The topological polar surface area (TPSA) is 41.6 Å². The summed E-state index contributed by atoms with van der Waals surface area (Å²) in [4.78, 5) is 14.5. The number of hydrogen-bond donors (Lipinski definition) is 1. The lowest BCUT2D eigenvalue weighted by molar-refractivity contribution is -0.118. The quantitative estimate of drug-likeness (QED) is 0.798. The molecule has 1 atom stereocenters. The summed E-state index contributed by atoms with van der Waals surface area (Å²) in [5.74, 6) is 0.452. The van der Waals surface area contributed by atoms with Crippen LogP contribution in [0.2, 0.25) is 5.02 Å².